The van der Waals surface area contributed by atoms with Gasteiger partial charge in [0, 0.05) is 6.42 Å². The number of carboxylic acids is 1. The van der Waals surface area contributed by atoms with Crippen molar-refractivity contribution in [3.63, 3.8) is 0 Å². The van der Waals surface area contributed by atoms with E-state index < -0.39 is 27.5 Å². The number of rotatable bonds is 8. The molecule has 0 saturated heterocycles. The van der Waals surface area contributed by atoms with Crippen molar-refractivity contribution in [3.05, 3.63) is 24.3 Å². The number of aliphatic carboxylic acids is 1. The number of methoxy groups -OCH3 is 1. The highest BCUT2D eigenvalue weighted by Crippen LogP contribution is 2.22. The Kier molecular flexibility index (Phi) is 6.16. The Bertz CT molecular complexity index is 611. The molecule has 1 aromatic rings. The highest BCUT2D eigenvalue weighted by Gasteiger charge is 2.18. The fraction of sp³-hybridized carbons (Fsp3) is 0.385. The van der Waals surface area contributed by atoms with Crippen molar-refractivity contribution in [2.45, 2.75) is 12.8 Å². The average molecular weight is 315 g/mol. The summed E-state index contributed by atoms with van der Waals surface area (Å²) in [7, 11) is -2.19. The van der Waals surface area contributed by atoms with Gasteiger partial charge in [-0.05, 0) is 18.6 Å². The molecule has 0 aliphatic carbocycles. The van der Waals surface area contributed by atoms with Gasteiger partial charge in [0.25, 0.3) is 0 Å². The standard InChI is InChI=1S/C13H17NO6S/c1-20-11-6-3-2-5-10(11)14-12(15)9-21(18,19)8-4-7-13(16)17/h2-3,5-6H,4,7-9H2,1H3,(H,14,15)(H,16,17). The molecule has 7 nitrogen and oxygen atoms in total. The molecule has 21 heavy (non-hydrogen) atoms. The van der Waals surface area contributed by atoms with Gasteiger partial charge in [0.1, 0.15) is 11.5 Å². The van der Waals surface area contributed by atoms with Gasteiger partial charge in [-0.15, -0.1) is 0 Å². The van der Waals surface area contributed by atoms with Crippen LogP contribution in [0.3, 0.4) is 0 Å². The Morgan fingerprint density at radius 1 is 1.29 bits per heavy atom. The van der Waals surface area contributed by atoms with Gasteiger partial charge in [-0.25, -0.2) is 8.42 Å². The number of carbonyl (C=O) groups excluding carboxylic acids is 1. The summed E-state index contributed by atoms with van der Waals surface area (Å²) < 4.78 is 28.4. The van der Waals surface area contributed by atoms with Crippen LogP contribution in [0.2, 0.25) is 0 Å². The summed E-state index contributed by atoms with van der Waals surface area (Å²) in [5, 5.41) is 10.9. The van der Waals surface area contributed by atoms with Gasteiger partial charge in [0.05, 0.1) is 18.6 Å². The first-order valence-electron chi connectivity index (χ1n) is 6.19. The van der Waals surface area contributed by atoms with Crippen LogP contribution in [-0.2, 0) is 19.4 Å². The normalized spacial score (nSPS) is 10.9. The Balaban J connectivity index is 2.58. The van der Waals surface area contributed by atoms with Gasteiger partial charge < -0.3 is 15.2 Å². The van der Waals surface area contributed by atoms with Gasteiger partial charge in [0.15, 0.2) is 9.84 Å². The van der Waals surface area contributed by atoms with E-state index in [0.29, 0.717) is 11.4 Å². The van der Waals surface area contributed by atoms with E-state index in [1.807, 2.05) is 0 Å². The summed E-state index contributed by atoms with van der Waals surface area (Å²) in [6.45, 7) is 0. The van der Waals surface area contributed by atoms with Gasteiger partial charge in [-0.1, -0.05) is 12.1 Å². The van der Waals surface area contributed by atoms with E-state index in [9.17, 15) is 18.0 Å². The number of amides is 1. The van der Waals surface area contributed by atoms with Gasteiger partial charge in [0.2, 0.25) is 5.91 Å². The minimum atomic E-state index is -3.63. The van der Waals surface area contributed by atoms with Crippen LogP contribution in [0.25, 0.3) is 0 Å². The van der Waals surface area contributed by atoms with Gasteiger partial charge in [-0.2, -0.15) is 0 Å². The van der Waals surface area contributed by atoms with Crippen molar-refractivity contribution in [2.75, 3.05) is 23.9 Å². The molecular formula is C13H17NO6S. The highest BCUT2D eigenvalue weighted by molar-refractivity contribution is 7.92. The third-order valence-electron chi connectivity index (χ3n) is 2.58. The SMILES string of the molecule is COc1ccccc1NC(=O)CS(=O)(=O)CCCC(=O)O. The highest BCUT2D eigenvalue weighted by atomic mass is 32.2. The zero-order valence-electron chi connectivity index (χ0n) is 11.5. The number of carboxylic acid groups (broad SMARTS) is 1. The minimum absolute atomic E-state index is 0.0143. The molecule has 2 N–H and O–H groups in total. The molecule has 1 amide bonds. The fourth-order valence-corrected chi connectivity index (χ4v) is 2.85. The number of anilines is 1. The zero-order chi connectivity index (χ0) is 15.9. The maximum absolute atomic E-state index is 11.7. The van der Waals surface area contributed by atoms with E-state index in [1.54, 1.807) is 24.3 Å². The second kappa shape index (κ2) is 7.63. The number of carbonyl (C=O) groups is 2. The monoisotopic (exact) mass is 315 g/mol. The summed E-state index contributed by atoms with van der Waals surface area (Å²) in [5.41, 5.74) is 0.380. The predicted octanol–water partition coefficient (Wildman–Crippen LogP) is 0.913. The van der Waals surface area contributed by atoms with E-state index in [1.165, 1.54) is 7.11 Å². The number of sulfone groups is 1. The number of benzene rings is 1. The van der Waals surface area contributed by atoms with Crippen molar-refractivity contribution in [1.29, 1.82) is 0 Å². The van der Waals surface area contributed by atoms with Crippen LogP contribution in [-0.4, -0.2) is 44.0 Å². The van der Waals surface area contributed by atoms with Crippen LogP contribution < -0.4 is 10.1 Å². The number of ether oxygens (including phenoxy) is 1. The van der Waals surface area contributed by atoms with Crippen LogP contribution in [0, 0.1) is 0 Å². The minimum Gasteiger partial charge on any atom is -0.495 e. The molecular weight excluding hydrogens is 298 g/mol. The van der Waals surface area contributed by atoms with Gasteiger partial charge in [-0.3, -0.25) is 9.59 Å². The topological polar surface area (TPSA) is 110 Å². The van der Waals surface area contributed by atoms with Crippen molar-refractivity contribution >= 4 is 27.4 Å². The van der Waals surface area contributed by atoms with E-state index in [-0.39, 0.29) is 18.6 Å². The first-order chi connectivity index (χ1) is 9.84. The number of hydrogen-bond acceptors (Lipinski definition) is 5. The Morgan fingerprint density at radius 2 is 1.95 bits per heavy atom. The molecule has 1 rings (SSSR count). The molecule has 0 aliphatic rings. The number of hydrogen-bond donors (Lipinski definition) is 2. The third kappa shape index (κ3) is 6.26. The largest absolute Gasteiger partial charge is 0.495 e. The molecule has 0 unspecified atom stereocenters. The van der Waals surface area contributed by atoms with Crippen molar-refractivity contribution in [3.8, 4) is 5.75 Å². The Labute approximate surface area is 122 Å². The van der Waals surface area contributed by atoms with Crippen molar-refractivity contribution in [1.82, 2.24) is 0 Å². The Hall–Kier alpha value is -2.09. The first-order valence-corrected chi connectivity index (χ1v) is 8.01. The molecule has 0 fully saturated rings. The van der Waals surface area contributed by atoms with Crippen LogP contribution in [0.1, 0.15) is 12.8 Å². The maximum atomic E-state index is 11.7. The van der Waals surface area contributed by atoms with Crippen molar-refractivity contribution in [2.24, 2.45) is 0 Å². The van der Waals surface area contributed by atoms with Gasteiger partial charge >= 0.3 is 5.97 Å². The quantitative estimate of drug-likeness (QED) is 0.738. The smallest absolute Gasteiger partial charge is 0.303 e. The molecule has 1 aromatic carbocycles. The summed E-state index contributed by atoms with van der Waals surface area (Å²) in [6.07, 6.45) is -0.257. The lowest BCUT2D eigenvalue weighted by molar-refractivity contribution is -0.137. The summed E-state index contributed by atoms with van der Waals surface area (Å²) in [4.78, 5) is 22.1. The van der Waals surface area contributed by atoms with Crippen LogP contribution in [0.15, 0.2) is 24.3 Å². The van der Waals surface area contributed by atoms with E-state index >= 15 is 0 Å². The summed E-state index contributed by atoms with van der Waals surface area (Å²) in [6, 6.07) is 6.63. The van der Waals surface area contributed by atoms with Crippen LogP contribution in [0.5, 0.6) is 5.75 Å². The zero-order valence-corrected chi connectivity index (χ0v) is 12.4. The molecule has 0 atom stereocenters. The average Bonchev–Trinajstić information content (AvgIpc) is 2.37. The van der Waals surface area contributed by atoms with Crippen LogP contribution >= 0.6 is 0 Å². The predicted molar refractivity (Wildman–Crippen MR) is 77.1 cm³/mol. The first kappa shape index (κ1) is 17.0. The molecule has 116 valence electrons. The molecule has 0 bridgehead atoms. The molecule has 8 heteroatoms. The lowest BCUT2D eigenvalue weighted by Crippen LogP contribution is -2.25. The van der Waals surface area contributed by atoms with Crippen LogP contribution in [0.4, 0.5) is 5.69 Å². The molecule has 0 radical (unpaired) electrons. The lowest BCUT2D eigenvalue weighted by atomic mass is 10.3. The molecule has 0 heterocycles. The summed E-state index contributed by atoms with van der Waals surface area (Å²) >= 11 is 0. The lowest BCUT2D eigenvalue weighted by Gasteiger charge is -2.09. The third-order valence-corrected chi connectivity index (χ3v) is 4.19. The second-order valence-corrected chi connectivity index (χ2v) is 6.52. The Morgan fingerprint density at radius 3 is 2.57 bits per heavy atom. The summed E-state index contributed by atoms with van der Waals surface area (Å²) in [5.74, 6) is -2.35. The molecule has 0 saturated carbocycles. The maximum Gasteiger partial charge on any atom is 0.303 e. The number of para-hydroxylation sites is 2. The van der Waals surface area contributed by atoms with E-state index in [4.69, 9.17) is 9.84 Å². The van der Waals surface area contributed by atoms with E-state index in [0.717, 1.165) is 0 Å². The fourth-order valence-electron chi connectivity index (χ4n) is 1.65. The van der Waals surface area contributed by atoms with Crippen molar-refractivity contribution < 1.29 is 27.9 Å². The van der Waals surface area contributed by atoms with E-state index in [2.05, 4.69) is 5.32 Å². The number of nitrogens with one attached hydrogen (secondary N) is 1. The molecule has 0 aliphatic heterocycles. The molecule has 0 aromatic heterocycles. The second-order valence-electron chi connectivity index (χ2n) is 4.34. The molecule has 0 spiro atoms.